The van der Waals surface area contributed by atoms with Crippen molar-refractivity contribution in [3.8, 4) is 0 Å². The predicted octanol–water partition coefficient (Wildman–Crippen LogP) is 7.49. The Balaban J connectivity index is 1.42. The zero-order valence-corrected chi connectivity index (χ0v) is 24.9. The van der Waals surface area contributed by atoms with E-state index in [-0.39, 0.29) is 18.2 Å². The molecule has 7 heteroatoms. The number of carbonyl (C=O) groups is 1. The van der Waals surface area contributed by atoms with Crippen LogP contribution in [0.5, 0.6) is 0 Å². The molecule has 6 atom stereocenters. The van der Waals surface area contributed by atoms with Gasteiger partial charge >= 0.3 is 6.09 Å². The van der Waals surface area contributed by atoms with Crippen LogP contribution in [0.25, 0.3) is 0 Å². The van der Waals surface area contributed by atoms with Gasteiger partial charge in [0.05, 0.1) is 12.6 Å². The summed E-state index contributed by atoms with van der Waals surface area (Å²) in [6, 6.07) is 19.5. The minimum Gasteiger partial charge on any atom is -0.444 e. The van der Waals surface area contributed by atoms with E-state index in [1.54, 1.807) is 0 Å². The first kappa shape index (κ1) is 29.8. The van der Waals surface area contributed by atoms with Crippen LogP contribution in [-0.4, -0.2) is 54.1 Å². The van der Waals surface area contributed by atoms with E-state index in [1.807, 2.05) is 86.3 Å². The van der Waals surface area contributed by atoms with Crippen LogP contribution in [0, 0.1) is 0 Å². The molecular weight excluding hydrogens is 518 g/mol. The van der Waals surface area contributed by atoms with Gasteiger partial charge < -0.3 is 23.7 Å². The third-order valence-electron chi connectivity index (χ3n) is 7.83. The Morgan fingerprint density at radius 3 is 2.10 bits per heavy atom. The number of fused-ring (bicyclic) bond motifs is 3. The number of nitrogens with zero attached hydrogens (tertiary/aromatic N) is 1. The number of hydrogen-bond donors (Lipinski definition) is 0. The second kappa shape index (κ2) is 13.5. The van der Waals surface area contributed by atoms with Gasteiger partial charge in [-0.1, -0.05) is 106 Å². The lowest BCUT2D eigenvalue weighted by atomic mass is 9.86. The van der Waals surface area contributed by atoms with Crippen molar-refractivity contribution in [3.63, 3.8) is 0 Å². The molecule has 1 amide bonds. The van der Waals surface area contributed by atoms with Crippen molar-refractivity contribution in [2.24, 2.45) is 0 Å². The fourth-order valence-electron chi connectivity index (χ4n) is 5.81. The average Bonchev–Trinajstić information content (AvgIpc) is 3.42. The highest BCUT2D eigenvalue weighted by Gasteiger charge is 2.53. The van der Waals surface area contributed by atoms with Crippen molar-refractivity contribution in [1.29, 1.82) is 0 Å². The maximum Gasteiger partial charge on any atom is 0.410 e. The second-order valence-corrected chi connectivity index (χ2v) is 12.2. The van der Waals surface area contributed by atoms with E-state index in [0.29, 0.717) is 13.2 Å². The molecule has 0 radical (unpaired) electrons. The Bertz CT molecular complexity index is 1150. The van der Waals surface area contributed by atoms with E-state index in [0.717, 1.165) is 36.0 Å². The standard InChI is InChI=1S/C34H45NO6/c1-5-6-7-8-9-16-21-35(33(36)41-34(2,3)4)27-22-26-23-37-31(24-17-12-10-13-18-24)38-28(26)30-29(27)39-32(40-30)25-19-14-11-15-20-25/h10-15,17-20,22,27-32H,5-9,16,21,23H2,1-4H3/t27-,28+,29-,30?,31?,32?/m1/s1. The SMILES string of the molecule is CCCCCCCCN(C(=O)OC(C)(C)C)[C@@H]1C=C2COC(c3ccccc3)O[C@@H]2C2OC(c3ccccc3)O[C@@H]21. The van der Waals surface area contributed by atoms with E-state index in [9.17, 15) is 4.79 Å². The summed E-state index contributed by atoms with van der Waals surface area (Å²) in [6.45, 7) is 8.90. The highest BCUT2D eigenvalue weighted by atomic mass is 16.8. The average molecular weight is 564 g/mol. The maximum atomic E-state index is 13.7. The van der Waals surface area contributed by atoms with E-state index in [2.05, 4.69) is 13.0 Å². The van der Waals surface area contributed by atoms with E-state index in [4.69, 9.17) is 23.7 Å². The van der Waals surface area contributed by atoms with Gasteiger partial charge in [0.25, 0.3) is 0 Å². The molecule has 2 aliphatic heterocycles. The molecule has 2 fully saturated rings. The fraction of sp³-hybridized carbons (Fsp3) is 0.559. The molecule has 0 saturated carbocycles. The molecule has 3 aliphatic rings. The van der Waals surface area contributed by atoms with E-state index in [1.165, 1.54) is 19.3 Å². The second-order valence-electron chi connectivity index (χ2n) is 12.2. The lowest BCUT2D eigenvalue weighted by Gasteiger charge is -2.44. The summed E-state index contributed by atoms with van der Waals surface area (Å²) in [4.78, 5) is 15.5. The van der Waals surface area contributed by atoms with Crippen LogP contribution in [0.2, 0.25) is 0 Å². The number of benzene rings is 2. The molecule has 2 saturated heterocycles. The first-order valence-electron chi connectivity index (χ1n) is 15.2. The Hall–Kier alpha value is -2.71. The zero-order valence-electron chi connectivity index (χ0n) is 24.9. The maximum absolute atomic E-state index is 13.7. The Morgan fingerprint density at radius 2 is 1.44 bits per heavy atom. The van der Waals surface area contributed by atoms with Crippen molar-refractivity contribution in [3.05, 3.63) is 83.4 Å². The molecule has 0 N–H and O–H groups in total. The van der Waals surface area contributed by atoms with Crippen LogP contribution in [0.15, 0.2) is 72.3 Å². The summed E-state index contributed by atoms with van der Waals surface area (Å²) in [5, 5.41) is 0. The molecule has 0 aromatic heterocycles. The number of ether oxygens (including phenoxy) is 5. The largest absolute Gasteiger partial charge is 0.444 e. The van der Waals surface area contributed by atoms with Gasteiger partial charge in [-0.05, 0) is 32.8 Å². The molecule has 2 aromatic carbocycles. The van der Waals surface area contributed by atoms with Crippen LogP contribution in [0.3, 0.4) is 0 Å². The van der Waals surface area contributed by atoms with Gasteiger partial charge in [-0.25, -0.2) is 4.79 Å². The molecule has 3 unspecified atom stereocenters. The Labute approximate surface area is 244 Å². The normalized spacial score (nSPS) is 27.5. The minimum atomic E-state index is -0.611. The molecule has 0 spiro atoms. The van der Waals surface area contributed by atoms with Crippen molar-refractivity contribution in [1.82, 2.24) is 4.90 Å². The molecule has 2 aromatic rings. The summed E-state index contributed by atoms with van der Waals surface area (Å²) < 4.78 is 31.9. The number of hydrogen-bond acceptors (Lipinski definition) is 6. The third-order valence-corrected chi connectivity index (χ3v) is 7.83. The summed E-state index contributed by atoms with van der Waals surface area (Å²) >= 11 is 0. The van der Waals surface area contributed by atoms with Gasteiger partial charge in [-0.2, -0.15) is 0 Å². The van der Waals surface area contributed by atoms with Crippen molar-refractivity contribution in [2.75, 3.05) is 13.2 Å². The summed E-state index contributed by atoms with van der Waals surface area (Å²) in [5.41, 5.74) is 2.26. The van der Waals surface area contributed by atoms with Crippen LogP contribution in [-0.2, 0) is 23.7 Å². The van der Waals surface area contributed by atoms with Crippen molar-refractivity contribution < 1.29 is 28.5 Å². The lowest BCUT2D eigenvalue weighted by molar-refractivity contribution is -0.221. The van der Waals surface area contributed by atoms with Gasteiger partial charge in [-0.15, -0.1) is 0 Å². The monoisotopic (exact) mass is 563 g/mol. The van der Waals surface area contributed by atoms with Gasteiger partial charge in [0.2, 0.25) is 0 Å². The van der Waals surface area contributed by atoms with Crippen LogP contribution in [0.4, 0.5) is 4.79 Å². The molecule has 0 bridgehead atoms. The van der Waals surface area contributed by atoms with Crippen molar-refractivity contribution in [2.45, 2.75) is 109 Å². The lowest BCUT2D eigenvalue weighted by Crippen LogP contribution is -2.58. The number of amides is 1. The molecule has 1 aliphatic carbocycles. The van der Waals surface area contributed by atoms with Gasteiger partial charge in [0.1, 0.15) is 23.9 Å². The van der Waals surface area contributed by atoms with Crippen LogP contribution >= 0.6 is 0 Å². The summed E-state index contributed by atoms with van der Waals surface area (Å²) in [5.74, 6) is 0. The van der Waals surface area contributed by atoms with Crippen LogP contribution < -0.4 is 0 Å². The van der Waals surface area contributed by atoms with Gasteiger partial charge in [0.15, 0.2) is 12.6 Å². The molecule has 222 valence electrons. The smallest absolute Gasteiger partial charge is 0.410 e. The Morgan fingerprint density at radius 1 is 0.829 bits per heavy atom. The van der Waals surface area contributed by atoms with Crippen LogP contribution in [0.1, 0.15) is 89.9 Å². The molecule has 5 rings (SSSR count). The molecule has 7 nitrogen and oxygen atoms in total. The molecule has 41 heavy (non-hydrogen) atoms. The number of rotatable bonds is 10. The first-order valence-corrected chi connectivity index (χ1v) is 15.2. The van der Waals surface area contributed by atoms with Gasteiger partial charge in [-0.3, -0.25) is 4.90 Å². The number of unbranched alkanes of at least 4 members (excludes halogenated alkanes) is 5. The highest BCUT2D eigenvalue weighted by Crippen LogP contribution is 2.44. The predicted molar refractivity (Wildman–Crippen MR) is 157 cm³/mol. The minimum absolute atomic E-state index is 0.336. The Kier molecular flexibility index (Phi) is 9.81. The van der Waals surface area contributed by atoms with Crippen molar-refractivity contribution >= 4 is 6.09 Å². The van der Waals surface area contributed by atoms with E-state index < -0.39 is 30.4 Å². The highest BCUT2D eigenvalue weighted by molar-refractivity contribution is 5.69. The topological polar surface area (TPSA) is 66.5 Å². The quantitative estimate of drug-likeness (QED) is 0.220. The number of carbonyl (C=O) groups excluding carboxylic acids is 1. The summed E-state index contributed by atoms with van der Waals surface area (Å²) in [7, 11) is 0. The summed E-state index contributed by atoms with van der Waals surface area (Å²) in [6.07, 6.45) is 6.32. The fourth-order valence-corrected chi connectivity index (χ4v) is 5.81. The third kappa shape index (κ3) is 7.39. The first-order chi connectivity index (χ1) is 19.8. The zero-order chi connectivity index (χ0) is 28.8. The van der Waals surface area contributed by atoms with Gasteiger partial charge in [0, 0.05) is 17.7 Å². The molecular formula is C34H45NO6. The van der Waals surface area contributed by atoms with E-state index >= 15 is 0 Å². The molecule has 2 heterocycles.